The van der Waals surface area contributed by atoms with E-state index in [4.69, 9.17) is 0 Å². The first-order valence-corrected chi connectivity index (χ1v) is 20.1. The SMILES string of the molecule is C=C(C)[C@@H]1CC[C@]2(C(=O)N3CCN(CC)CC3)CC[C@]3(C)[C@H](CC[C@@H]4[C@@](C)(CCC(=O)N5CCN(CC)CC5)[C@H](C(=C)C)CC[C@]43C)[C@@H]12. The van der Waals surface area contributed by atoms with Gasteiger partial charge in [-0.25, -0.2) is 0 Å². The van der Waals surface area contributed by atoms with Crippen LogP contribution in [0.1, 0.15) is 113 Å². The summed E-state index contributed by atoms with van der Waals surface area (Å²) < 4.78 is 0. The first-order valence-electron chi connectivity index (χ1n) is 20.1. The average Bonchev–Trinajstić information content (AvgIpc) is 3.48. The Kier molecular flexibility index (Phi) is 10.1. The minimum absolute atomic E-state index is 0.0560. The average molecular weight is 663 g/mol. The van der Waals surface area contributed by atoms with Crippen LogP contribution in [-0.2, 0) is 9.59 Å². The summed E-state index contributed by atoms with van der Waals surface area (Å²) in [6.45, 7) is 35.6. The fourth-order valence-corrected chi connectivity index (χ4v) is 13.5. The number of amides is 2. The van der Waals surface area contributed by atoms with Crippen LogP contribution in [0.25, 0.3) is 0 Å². The van der Waals surface area contributed by atoms with Crippen molar-refractivity contribution in [1.29, 1.82) is 0 Å². The summed E-state index contributed by atoms with van der Waals surface area (Å²) in [5.74, 6) is 3.24. The first kappa shape index (κ1) is 36.1. The monoisotopic (exact) mass is 663 g/mol. The van der Waals surface area contributed by atoms with Gasteiger partial charge in [0, 0.05) is 58.8 Å². The quantitative estimate of drug-likeness (QED) is 0.253. The maximum atomic E-state index is 14.8. The molecule has 6 heteroatoms. The van der Waals surface area contributed by atoms with E-state index < -0.39 is 0 Å². The molecule has 0 aromatic rings. The Morgan fingerprint density at radius 3 is 1.85 bits per heavy atom. The lowest BCUT2D eigenvalue weighted by molar-refractivity contribution is -0.218. The highest BCUT2D eigenvalue weighted by Gasteiger charge is 2.70. The Morgan fingerprint density at radius 2 is 1.29 bits per heavy atom. The third kappa shape index (κ3) is 5.66. The maximum absolute atomic E-state index is 14.8. The van der Waals surface area contributed by atoms with E-state index in [9.17, 15) is 9.59 Å². The first-order chi connectivity index (χ1) is 22.8. The number of fused-ring (bicyclic) bond motifs is 5. The Labute approximate surface area is 294 Å². The molecule has 48 heavy (non-hydrogen) atoms. The van der Waals surface area contributed by atoms with E-state index in [1.807, 2.05) is 0 Å². The van der Waals surface area contributed by atoms with Gasteiger partial charge in [0.1, 0.15) is 0 Å². The van der Waals surface area contributed by atoms with E-state index >= 15 is 0 Å². The molecular weight excluding hydrogens is 592 g/mol. The van der Waals surface area contributed by atoms with E-state index in [2.05, 4.69) is 81.2 Å². The number of rotatable bonds is 8. The summed E-state index contributed by atoms with van der Waals surface area (Å²) in [5.41, 5.74) is 2.79. The zero-order valence-electron chi connectivity index (χ0n) is 32.0. The molecule has 6 aliphatic rings. The molecule has 270 valence electrons. The molecule has 0 aromatic carbocycles. The Morgan fingerprint density at radius 1 is 0.688 bits per heavy atom. The largest absolute Gasteiger partial charge is 0.340 e. The summed E-state index contributed by atoms with van der Waals surface area (Å²) in [4.78, 5) is 37.9. The second-order valence-corrected chi connectivity index (χ2v) is 18.2. The highest BCUT2D eigenvalue weighted by molar-refractivity contribution is 5.84. The van der Waals surface area contributed by atoms with Gasteiger partial charge < -0.3 is 19.6 Å². The third-order valence-electron chi connectivity index (χ3n) is 16.5. The number of hydrogen-bond acceptors (Lipinski definition) is 4. The van der Waals surface area contributed by atoms with Gasteiger partial charge in [-0.3, -0.25) is 9.59 Å². The van der Waals surface area contributed by atoms with E-state index in [0.29, 0.717) is 47.8 Å². The van der Waals surface area contributed by atoms with Crippen molar-refractivity contribution in [2.24, 2.45) is 51.2 Å². The minimum atomic E-state index is -0.224. The van der Waals surface area contributed by atoms with Crippen molar-refractivity contribution in [2.45, 2.75) is 113 Å². The van der Waals surface area contributed by atoms with Gasteiger partial charge in [-0.1, -0.05) is 58.9 Å². The normalized spacial score (nSPS) is 42.1. The van der Waals surface area contributed by atoms with Crippen molar-refractivity contribution in [1.82, 2.24) is 19.6 Å². The predicted octanol–water partition coefficient (Wildman–Crippen LogP) is 7.51. The molecule has 0 N–H and O–H groups in total. The molecule has 2 amide bonds. The number of carbonyl (C=O) groups excluding carboxylic acids is 2. The predicted molar refractivity (Wildman–Crippen MR) is 197 cm³/mol. The van der Waals surface area contributed by atoms with Gasteiger partial charge >= 0.3 is 0 Å². The fourth-order valence-electron chi connectivity index (χ4n) is 13.5. The van der Waals surface area contributed by atoms with Crippen LogP contribution in [-0.4, -0.2) is 96.9 Å². The van der Waals surface area contributed by atoms with Crippen molar-refractivity contribution in [3.8, 4) is 0 Å². The second-order valence-electron chi connectivity index (χ2n) is 18.2. The van der Waals surface area contributed by atoms with Gasteiger partial charge in [-0.2, -0.15) is 0 Å². The lowest BCUT2D eigenvalue weighted by Gasteiger charge is -2.71. The Balaban J connectivity index is 1.28. The van der Waals surface area contributed by atoms with Crippen molar-refractivity contribution in [3.63, 3.8) is 0 Å². The third-order valence-corrected chi connectivity index (χ3v) is 16.5. The number of likely N-dealkylation sites (N-methyl/N-ethyl adjacent to an activating group) is 2. The van der Waals surface area contributed by atoms with Crippen molar-refractivity contribution >= 4 is 11.8 Å². The molecule has 0 spiro atoms. The van der Waals surface area contributed by atoms with Gasteiger partial charge in [0.2, 0.25) is 11.8 Å². The lowest BCUT2D eigenvalue weighted by atomic mass is 9.34. The maximum Gasteiger partial charge on any atom is 0.229 e. The molecule has 0 aromatic heterocycles. The molecule has 9 atom stereocenters. The Bertz CT molecular complexity index is 1250. The molecule has 2 saturated heterocycles. The number of allylic oxidation sites excluding steroid dienone is 2. The topological polar surface area (TPSA) is 47.1 Å². The van der Waals surface area contributed by atoms with Crippen LogP contribution in [0, 0.1) is 51.2 Å². The summed E-state index contributed by atoms with van der Waals surface area (Å²) in [5, 5.41) is 0. The summed E-state index contributed by atoms with van der Waals surface area (Å²) in [6, 6.07) is 0. The van der Waals surface area contributed by atoms with Crippen LogP contribution >= 0.6 is 0 Å². The zero-order chi connectivity index (χ0) is 34.6. The molecule has 0 bridgehead atoms. The summed E-state index contributed by atoms with van der Waals surface area (Å²) in [7, 11) is 0. The second kappa shape index (κ2) is 13.5. The molecule has 4 saturated carbocycles. The van der Waals surface area contributed by atoms with Gasteiger partial charge in [0.15, 0.2) is 0 Å². The van der Waals surface area contributed by atoms with E-state index in [-0.39, 0.29) is 21.7 Å². The fraction of sp³-hybridized carbons (Fsp3) is 0.857. The van der Waals surface area contributed by atoms with Crippen LogP contribution in [0.2, 0.25) is 0 Å². The molecule has 2 aliphatic heterocycles. The van der Waals surface area contributed by atoms with Gasteiger partial charge in [-0.05, 0) is 131 Å². The van der Waals surface area contributed by atoms with Crippen LogP contribution in [0.15, 0.2) is 24.3 Å². The van der Waals surface area contributed by atoms with Crippen molar-refractivity contribution in [2.75, 3.05) is 65.4 Å². The smallest absolute Gasteiger partial charge is 0.229 e. The highest BCUT2D eigenvalue weighted by atomic mass is 16.2. The number of nitrogens with zero attached hydrogens (tertiary/aromatic N) is 4. The summed E-state index contributed by atoms with van der Waals surface area (Å²) >= 11 is 0. The van der Waals surface area contributed by atoms with E-state index in [1.54, 1.807) is 0 Å². The number of hydrogen-bond donors (Lipinski definition) is 0. The lowest BCUT2D eigenvalue weighted by Crippen LogP contribution is -2.66. The van der Waals surface area contributed by atoms with Crippen molar-refractivity contribution < 1.29 is 9.59 Å². The standard InChI is InChI=1S/C42H70N4O2/c1-10-43-22-26-45(27-23-43)36(47)16-17-39(7)33(31(5)6)15-18-41(9)35(39)13-12-34-37-32(30(3)4)14-19-42(37,21-20-40(34,41)8)38(48)46-28-24-44(11-2)25-29-46/h32-35,37H,3,5,10-29H2,1-2,4,6-9H3/t32-,33-,34+,35+,37+,39-,40+,41+,42-/m0/s1. The molecule has 6 fully saturated rings. The molecule has 4 aliphatic carbocycles. The van der Waals surface area contributed by atoms with E-state index in [0.717, 1.165) is 97.6 Å². The molecule has 6 nitrogen and oxygen atoms in total. The van der Waals surface area contributed by atoms with Crippen LogP contribution in [0.4, 0.5) is 0 Å². The van der Waals surface area contributed by atoms with Gasteiger partial charge in [-0.15, -0.1) is 0 Å². The molecule has 2 heterocycles. The minimum Gasteiger partial charge on any atom is -0.340 e. The molecular formula is C42H70N4O2. The van der Waals surface area contributed by atoms with Crippen LogP contribution in [0.3, 0.4) is 0 Å². The van der Waals surface area contributed by atoms with Crippen LogP contribution in [0.5, 0.6) is 0 Å². The van der Waals surface area contributed by atoms with Crippen molar-refractivity contribution in [3.05, 3.63) is 24.3 Å². The molecule has 6 rings (SSSR count). The molecule has 0 unspecified atom stereocenters. The molecule has 0 radical (unpaired) electrons. The number of carbonyl (C=O) groups is 2. The highest BCUT2D eigenvalue weighted by Crippen LogP contribution is 2.76. The van der Waals surface area contributed by atoms with Gasteiger partial charge in [0.25, 0.3) is 0 Å². The number of piperazine rings is 2. The van der Waals surface area contributed by atoms with Crippen LogP contribution < -0.4 is 0 Å². The Hall–Kier alpha value is -1.66. The zero-order valence-corrected chi connectivity index (χ0v) is 32.0. The van der Waals surface area contributed by atoms with Gasteiger partial charge in [0.05, 0.1) is 5.41 Å². The summed E-state index contributed by atoms with van der Waals surface area (Å²) in [6.07, 6.45) is 10.8. The van der Waals surface area contributed by atoms with E-state index in [1.165, 1.54) is 36.8 Å².